The van der Waals surface area contributed by atoms with Gasteiger partial charge < -0.3 is 0 Å². The average Bonchev–Trinajstić information content (AvgIpc) is 2.69. The van der Waals surface area contributed by atoms with Crippen molar-refractivity contribution in [1.29, 1.82) is 0 Å². The van der Waals surface area contributed by atoms with Gasteiger partial charge >= 0.3 is 0 Å². The van der Waals surface area contributed by atoms with E-state index in [2.05, 4.69) is 10.2 Å². The standard InChI is InChI=1S/C9H6ClFN2S2/c10-8-3-7(11)2-1-6(8)4-14-9-13-12-5-15-9/h1-3,5H,4H2. The Labute approximate surface area is 99.5 Å². The maximum atomic E-state index is 12.7. The molecule has 6 heteroatoms. The van der Waals surface area contributed by atoms with Gasteiger partial charge in [0.1, 0.15) is 11.3 Å². The van der Waals surface area contributed by atoms with Crippen LogP contribution in [0, 0.1) is 5.82 Å². The van der Waals surface area contributed by atoms with Crippen molar-refractivity contribution in [2.75, 3.05) is 0 Å². The minimum Gasteiger partial charge on any atom is -0.207 e. The molecule has 78 valence electrons. The van der Waals surface area contributed by atoms with Crippen LogP contribution in [0.2, 0.25) is 5.02 Å². The summed E-state index contributed by atoms with van der Waals surface area (Å²) in [7, 11) is 0. The molecule has 0 radical (unpaired) electrons. The molecule has 0 atom stereocenters. The molecule has 0 fully saturated rings. The lowest BCUT2D eigenvalue weighted by Crippen LogP contribution is -1.84. The number of nitrogens with zero attached hydrogens (tertiary/aromatic N) is 2. The van der Waals surface area contributed by atoms with Crippen molar-refractivity contribution >= 4 is 34.7 Å². The van der Waals surface area contributed by atoms with Crippen LogP contribution in [0.1, 0.15) is 5.56 Å². The highest BCUT2D eigenvalue weighted by Crippen LogP contribution is 2.27. The first kappa shape index (κ1) is 10.9. The monoisotopic (exact) mass is 260 g/mol. The van der Waals surface area contributed by atoms with Gasteiger partial charge in [0.2, 0.25) is 0 Å². The molecule has 1 aromatic carbocycles. The maximum Gasteiger partial charge on any atom is 0.174 e. The molecular formula is C9H6ClFN2S2. The van der Waals surface area contributed by atoms with E-state index in [-0.39, 0.29) is 5.82 Å². The van der Waals surface area contributed by atoms with Crippen LogP contribution in [0.25, 0.3) is 0 Å². The predicted molar refractivity (Wildman–Crippen MR) is 60.9 cm³/mol. The van der Waals surface area contributed by atoms with Crippen LogP contribution in [0.3, 0.4) is 0 Å². The zero-order chi connectivity index (χ0) is 10.7. The molecule has 2 aromatic rings. The fraction of sp³-hybridized carbons (Fsp3) is 0.111. The highest BCUT2D eigenvalue weighted by molar-refractivity contribution is 8.00. The highest BCUT2D eigenvalue weighted by atomic mass is 35.5. The van der Waals surface area contributed by atoms with Gasteiger partial charge in [0.15, 0.2) is 4.34 Å². The molecule has 0 bridgehead atoms. The van der Waals surface area contributed by atoms with E-state index in [1.807, 2.05) is 0 Å². The molecule has 0 aliphatic rings. The Bertz CT molecular complexity index is 447. The van der Waals surface area contributed by atoms with Crippen molar-refractivity contribution < 1.29 is 4.39 Å². The molecule has 0 saturated heterocycles. The Hall–Kier alpha value is -0.650. The molecule has 0 unspecified atom stereocenters. The highest BCUT2D eigenvalue weighted by Gasteiger charge is 2.04. The van der Waals surface area contributed by atoms with Crippen LogP contribution >= 0.6 is 34.7 Å². The average molecular weight is 261 g/mol. The molecule has 0 amide bonds. The molecule has 0 saturated carbocycles. The third kappa shape index (κ3) is 2.90. The molecule has 0 N–H and O–H groups in total. The normalized spacial score (nSPS) is 10.5. The van der Waals surface area contributed by atoms with Crippen LogP contribution in [-0.4, -0.2) is 10.2 Å². The molecule has 15 heavy (non-hydrogen) atoms. The molecule has 2 nitrogen and oxygen atoms in total. The Kier molecular flexibility index (Phi) is 3.56. The number of rotatable bonds is 3. The van der Waals surface area contributed by atoms with Gasteiger partial charge in [0.25, 0.3) is 0 Å². The van der Waals surface area contributed by atoms with Gasteiger partial charge in [-0.15, -0.1) is 10.2 Å². The van der Waals surface area contributed by atoms with Gasteiger partial charge in [-0.2, -0.15) is 0 Å². The van der Waals surface area contributed by atoms with Crippen molar-refractivity contribution in [3.63, 3.8) is 0 Å². The first-order chi connectivity index (χ1) is 7.25. The molecule has 1 aromatic heterocycles. The van der Waals surface area contributed by atoms with Gasteiger partial charge in [0.05, 0.1) is 0 Å². The predicted octanol–water partition coefficient (Wildman–Crippen LogP) is 3.62. The van der Waals surface area contributed by atoms with Crippen molar-refractivity contribution in [3.05, 3.63) is 40.1 Å². The molecule has 0 aliphatic carbocycles. The van der Waals surface area contributed by atoms with E-state index in [9.17, 15) is 4.39 Å². The maximum absolute atomic E-state index is 12.7. The minimum absolute atomic E-state index is 0.315. The van der Waals surface area contributed by atoms with E-state index in [1.165, 1.54) is 35.2 Å². The van der Waals surface area contributed by atoms with Crippen molar-refractivity contribution in [2.24, 2.45) is 0 Å². The third-order valence-corrected chi connectivity index (χ3v) is 3.97. The third-order valence-electron chi connectivity index (χ3n) is 1.71. The summed E-state index contributed by atoms with van der Waals surface area (Å²) in [5.74, 6) is 0.360. The topological polar surface area (TPSA) is 25.8 Å². The minimum atomic E-state index is -0.315. The second-order valence-electron chi connectivity index (χ2n) is 2.73. The van der Waals surface area contributed by atoms with E-state index in [4.69, 9.17) is 11.6 Å². The second kappa shape index (κ2) is 4.92. The van der Waals surface area contributed by atoms with E-state index in [0.717, 1.165) is 9.90 Å². The van der Waals surface area contributed by atoms with Gasteiger partial charge in [-0.05, 0) is 17.7 Å². The molecule has 2 rings (SSSR count). The van der Waals surface area contributed by atoms with E-state index in [1.54, 1.807) is 11.6 Å². The fourth-order valence-electron chi connectivity index (χ4n) is 1.00. The van der Waals surface area contributed by atoms with Gasteiger partial charge in [-0.25, -0.2) is 4.39 Å². The quantitative estimate of drug-likeness (QED) is 0.789. The van der Waals surface area contributed by atoms with Crippen LogP contribution in [-0.2, 0) is 5.75 Å². The van der Waals surface area contributed by atoms with Gasteiger partial charge in [-0.3, -0.25) is 0 Å². The Balaban J connectivity index is 2.05. The van der Waals surface area contributed by atoms with E-state index >= 15 is 0 Å². The lowest BCUT2D eigenvalue weighted by atomic mass is 10.2. The summed E-state index contributed by atoms with van der Waals surface area (Å²) in [5.41, 5.74) is 2.58. The van der Waals surface area contributed by atoms with Crippen molar-refractivity contribution in [2.45, 2.75) is 10.1 Å². The zero-order valence-corrected chi connectivity index (χ0v) is 9.87. The molecule has 0 aliphatic heterocycles. The number of hydrogen-bond donors (Lipinski definition) is 0. The second-order valence-corrected chi connectivity index (χ2v) is 5.19. The van der Waals surface area contributed by atoms with E-state index < -0.39 is 0 Å². The Morgan fingerprint density at radius 2 is 2.33 bits per heavy atom. The smallest absolute Gasteiger partial charge is 0.174 e. The molecular weight excluding hydrogens is 255 g/mol. The number of benzene rings is 1. The number of aromatic nitrogens is 2. The SMILES string of the molecule is Fc1ccc(CSc2nncs2)c(Cl)c1. The van der Waals surface area contributed by atoms with Crippen LogP contribution in [0.5, 0.6) is 0 Å². The summed E-state index contributed by atoms with van der Waals surface area (Å²) < 4.78 is 13.6. The number of hydrogen-bond acceptors (Lipinski definition) is 4. The Morgan fingerprint density at radius 3 is 3.00 bits per heavy atom. The molecule has 1 heterocycles. The zero-order valence-electron chi connectivity index (χ0n) is 7.48. The largest absolute Gasteiger partial charge is 0.207 e. The first-order valence-corrected chi connectivity index (χ1v) is 6.33. The summed E-state index contributed by atoms with van der Waals surface area (Å²) in [6.45, 7) is 0. The summed E-state index contributed by atoms with van der Waals surface area (Å²) in [4.78, 5) is 0. The summed E-state index contributed by atoms with van der Waals surface area (Å²) in [6.07, 6.45) is 0. The summed E-state index contributed by atoms with van der Waals surface area (Å²) >= 11 is 8.90. The van der Waals surface area contributed by atoms with Gasteiger partial charge in [-0.1, -0.05) is 40.8 Å². The number of halogens is 2. The molecule has 0 spiro atoms. The lowest BCUT2D eigenvalue weighted by molar-refractivity contribution is 0.627. The summed E-state index contributed by atoms with van der Waals surface area (Å²) in [6, 6.07) is 4.41. The van der Waals surface area contributed by atoms with Gasteiger partial charge in [0, 0.05) is 10.8 Å². The first-order valence-electron chi connectivity index (χ1n) is 4.08. The lowest BCUT2D eigenvalue weighted by Gasteiger charge is -2.01. The van der Waals surface area contributed by atoms with Crippen molar-refractivity contribution in [1.82, 2.24) is 10.2 Å². The summed E-state index contributed by atoms with van der Waals surface area (Å²) in [5, 5.41) is 8.07. The fourth-order valence-corrected chi connectivity index (χ4v) is 2.81. The Morgan fingerprint density at radius 1 is 1.47 bits per heavy atom. The van der Waals surface area contributed by atoms with Crippen LogP contribution < -0.4 is 0 Å². The van der Waals surface area contributed by atoms with Crippen molar-refractivity contribution in [3.8, 4) is 0 Å². The van der Waals surface area contributed by atoms with Crippen LogP contribution in [0.15, 0.2) is 28.0 Å². The number of thioether (sulfide) groups is 1. The van der Waals surface area contributed by atoms with E-state index in [0.29, 0.717) is 10.8 Å². The van der Waals surface area contributed by atoms with Crippen LogP contribution in [0.4, 0.5) is 4.39 Å².